The van der Waals surface area contributed by atoms with Crippen LogP contribution in [0.2, 0.25) is 0 Å². The molecule has 0 bridgehead atoms. The number of methoxy groups -OCH3 is 1. The number of rotatable bonds is 7. The number of benzene rings is 2. The van der Waals surface area contributed by atoms with Gasteiger partial charge in [0.1, 0.15) is 5.82 Å². The fourth-order valence-corrected chi connectivity index (χ4v) is 4.12. The van der Waals surface area contributed by atoms with Gasteiger partial charge < -0.3 is 14.4 Å². The molecule has 0 spiro atoms. The molecule has 2 heterocycles. The number of aromatic nitrogens is 2. The maximum Gasteiger partial charge on any atom is 0.184 e. The molecule has 1 fully saturated rings. The largest absolute Gasteiger partial charge is 0.491 e. The van der Waals surface area contributed by atoms with Crippen molar-refractivity contribution in [2.24, 2.45) is 0 Å². The van der Waals surface area contributed by atoms with Gasteiger partial charge in [-0.1, -0.05) is 19.4 Å². The van der Waals surface area contributed by atoms with Crippen LogP contribution in [0.4, 0.5) is 10.1 Å². The monoisotopic (exact) mass is 397 g/mol. The molecule has 1 N–H and O–H groups in total. The molecule has 0 aliphatic carbocycles. The summed E-state index contributed by atoms with van der Waals surface area (Å²) in [6.45, 7) is 4.69. The van der Waals surface area contributed by atoms with Gasteiger partial charge in [0.25, 0.3) is 0 Å². The molecule has 1 aromatic heterocycles. The first-order chi connectivity index (χ1) is 14.2. The van der Waals surface area contributed by atoms with Gasteiger partial charge in [0.2, 0.25) is 0 Å². The highest BCUT2D eigenvalue weighted by molar-refractivity contribution is 5.81. The number of para-hydroxylation sites is 1. The Bertz CT molecular complexity index is 964. The number of aromatic amines is 1. The number of ether oxygens (including phenoxy) is 2. The van der Waals surface area contributed by atoms with Crippen molar-refractivity contribution in [2.45, 2.75) is 38.5 Å². The van der Waals surface area contributed by atoms with E-state index in [-0.39, 0.29) is 5.82 Å². The molecule has 0 radical (unpaired) electrons. The maximum absolute atomic E-state index is 13.4. The van der Waals surface area contributed by atoms with Gasteiger partial charge in [-0.15, -0.1) is 0 Å². The van der Waals surface area contributed by atoms with Gasteiger partial charge in [-0.2, -0.15) is 5.10 Å². The zero-order valence-corrected chi connectivity index (χ0v) is 17.1. The van der Waals surface area contributed by atoms with Crippen LogP contribution in [-0.4, -0.2) is 37.0 Å². The van der Waals surface area contributed by atoms with Crippen molar-refractivity contribution < 1.29 is 13.9 Å². The second kappa shape index (κ2) is 8.72. The van der Waals surface area contributed by atoms with E-state index in [1.165, 1.54) is 12.1 Å². The topological polar surface area (TPSA) is 50.4 Å². The van der Waals surface area contributed by atoms with Crippen molar-refractivity contribution in [3.63, 3.8) is 0 Å². The van der Waals surface area contributed by atoms with Crippen LogP contribution in [0, 0.1) is 5.82 Å². The summed E-state index contributed by atoms with van der Waals surface area (Å²) in [5.74, 6) is 1.75. The van der Waals surface area contributed by atoms with Crippen molar-refractivity contribution in [1.29, 1.82) is 0 Å². The van der Waals surface area contributed by atoms with Crippen molar-refractivity contribution in [1.82, 2.24) is 10.2 Å². The van der Waals surface area contributed by atoms with Crippen molar-refractivity contribution in [2.75, 3.05) is 31.7 Å². The molecule has 5 nitrogen and oxygen atoms in total. The highest BCUT2D eigenvalue weighted by atomic mass is 19.1. The molecular weight excluding hydrogens is 369 g/mol. The Morgan fingerprint density at radius 1 is 1.21 bits per heavy atom. The smallest absolute Gasteiger partial charge is 0.184 e. The van der Waals surface area contributed by atoms with E-state index < -0.39 is 0 Å². The summed E-state index contributed by atoms with van der Waals surface area (Å²) >= 11 is 0. The van der Waals surface area contributed by atoms with Crippen molar-refractivity contribution in [3.8, 4) is 11.5 Å². The first-order valence-corrected chi connectivity index (χ1v) is 10.4. The summed E-state index contributed by atoms with van der Waals surface area (Å²) in [7, 11) is 1.70. The number of nitrogens with one attached hydrogen (secondary N) is 1. The third-order valence-corrected chi connectivity index (χ3v) is 5.71. The lowest BCUT2D eigenvalue weighted by Gasteiger charge is -2.34. The van der Waals surface area contributed by atoms with Gasteiger partial charge in [-0.05, 0) is 43.5 Å². The fraction of sp³-hybridized carbons (Fsp3) is 0.435. The average molecular weight is 397 g/mol. The Morgan fingerprint density at radius 2 is 2.03 bits per heavy atom. The molecule has 0 unspecified atom stereocenters. The predicted molar refractivity (Wildman–Crippen MR) is 114 cm³/mol. The number of piperidine rings is 1. The number of hydrogen-bond acceptors (Lipinski definition) is 4. The number of anilines is 1. The van der Waals surface area contributed by atoms with E-state index >= 15 is 0 Å². The lowest BCUT2D eigenvalue weighted by atomic mass is 9.91. The number of halogens is 1. The van der Waals surface area contributed by atoms with Gasteiger partial charge in [0, 0.05) is 36.2 Å². The Morgan fingerprint density at radius 3 is 2.79 bits per heavy atom. The zero-order valence-electron chi connectivity index (χ0n) is 17.1. The molecule has 1 aliphatic rings. The number of unbranched alkanes of at least 4 members (excludes halogenated alkanes) is 1. The van der Waals surface area contributed by atoms with E-state index in [9.17, 15) is 4.39 Å². The molecule has 0 atom stereocenters. The Kier molecular flexibility index (Phi) is 5.88. The van der Waals surface area contributed by atoms with E-state index in [1.54, 1.807) is 7.11 Å². The Balaban J connectivity index is 1.48. The minimum absolute atomic E-state index is 0.251. The van der Waals surface area contributed by atoms with E-state index in [1.807, 2.05) is 18.2 Å². The molecule has 0 amide bonds. The van der Waals surface area contributed by atoms with E-state index in [4.69, 9.17) is 9.47 Å². The standard InChI is InChI=1S/C23H28FN3O2/c1-3-4-14-29-21-7-5-6-20(23(21)28-2)27-12-10-16(11-13-27)22-18-9-8-17(24)15-19(18)25-26-22/h5-9,15-16H,3-4,10-14H2,1-2H3,(H,25,26). The van der Waals surface area contributed by atoms with E-state index in [0.717, 1.165) is 67.0 Å². The van der Waals surface area contributed by atoms with Crippen molar-refractivity contribution >= 4 is 16.6 Å². The quantitative estimate of drug-likeness (QED) is 0.552. The molecule has 0 saturated carbocycles. The highest BCUT2D eigenvalue weighted by Crippen LogP contribution is 2.40. The molecular formula is C23H28FN3O2. The molecule has 2 aromatic carbocycles. The van der Waals surface area contributed by atoms with Crippen LogP contribution < -0.4 is 14.4 Å². The summed E-state index contributed by atoms with van der Waals surface area (Å²) in [6.07, 6.45) is 4.13. The van der Waals surface area contributed by atoms with Crippen LogP contribution in [0.25, 0.3) is 10.9 Å². The summed E-state index contributed by atoms with van der Waals surface area (Å²) in [5.41, 5.74) is 2.89. The van der Waals surface area contributed by atoms with Crippen LogP contribution in [0.5, 0.6) is 11.5 Å². The number of H-pyrrole nitrogens is 1. The molecule has 29 heavy (non-hydrogen) atoms. The zero-order chi connectivity index (χ0) is 20.2. The third-order valence-electron chi connectivity index (χ3n) is 5.71. The minimum Gasteiger partial charge on any atom is -0.491 e. The summed E-state index contributed by atoms with van der Waals surface area (Å²) in [6, 6.07) is 10.9. The number of nitrogens with zero attached hydrogens (tertiary/aromatic N) is 2. The SMILES string of the molecule is CCCCOc1cccc(N2CCC(c3[nH]nc4cc(F)ccc34)CC2)c1OC. The van der Waals surface area contributed by atoms with Crippen LogP contribution in [-0.2, 0) is 0 Å². The van der Waals surface area contributed by atoms with Gasteiger partial charge in [-0.3, -0.25) is 5.10 Å². The lowest BCUT2D eigenvalue weighted by Crippen LogP contribution is -2.33. The highest BCUT2D eigenvalue weighted by Gasteiger charge is 2.26. The van der Waals surface area contributed by atoms with Crippen LogP contribution in [0.15, 0.2) is 36.4 Å². The summed E-state index contributed by atoms with van der Waals surface area (Å²) < 4.78 is 25.1. The van der Waals surface area contributed by atoms with Crippen LogP contribution in [0.3, 0.4) is 0 Å². The number of hydrogen-bond donors (Lipinski definition) is 1. The third kappa shape index (κ3) is 4.02. The first kappa shape index (κ1) is 19.6. The summed E-state index contributed by atoms with van der Waals surface area (Å²) in [4.78, 5) is 2.36. The molecule has 1 saturated heterocycles. The van der Waals surface area contributed by atoms with E-state index in [2.05, 4.69) is 28.1 Å². The normalized spacial score (nSPS) is 15.1. The molecule has 4 rings (SSSR count). The molecule has 3 aromatic rings. The summed E-state index contributed by atoms with van der Waals surface area (Å²) in [5, 5.41) is 8.46. The minimum atomic E-state index is -0.251. The van der Waals surface area contributed by atoms with Gasteiger partial charge in [0.05, 0.1) is 24.9 Å². The van der Waals surface area contributed by atoms with Gasteiger partial charge in [0.15, 0.2) is 11.5 Å². The first-order valence-electron chi connectivity index (χ1n) is 10.4. The van der Waals surface area contributed by atoms with Crippen LogP contribution >= 0.6 is 0 Å². The van der Waals surface area contributed by atoms with Crippen molar-refractivity contribution in [3.05, 3.63) is 47.9 Å². The molecule has 154 valence electrons. The molecule has 6 heteroatoms. The van der Waals surface area contributed by atoms with E-state index in [0.29, 0.717) is 18.0 Å². The predicted octanol–water partition coefficient (Wildman–Crippen LogP) is 5.27. The van der Waals surface area contributed by atoms with Gasteiger partial charge in [-0.25, -0.2) is 4.39 Å². The Hall–Kier alpha value is -2.76. The van der Waals surface area contributed by atoms with Crippen LogP contribution in [0.1, 0.15) is 44.2 Å². The second-order valence-electron chi connectivity index (χ2n) is 7.57. The van der Waals surface area contributed by atoms with Gasteiger partial charge >= 0.3 is 0 Å². The average Bonchev–Trinajstić information content (AvgIpc) is 3.17. The maximum atomic E-state index is 13.4. The lowest BCUT2D eigenvalue weighted by molar-refractivity contribution is 0.288. The fourth-order valence-electron chi connectivity index (χ4n) is 4.12. The Labute approximate surface area is 170 Å². The second-order valence-corrected chi connectivity index (χ2v) is 7.57. The number of fused-ring (bicyclic) bond motifs is 1. The molecule has 1 aliphatic heterocycles.